The van der Waals surface area contributed by atoms with Gasteiger partial charge in [-0.3, -0.25) is 4.79 Å². The van der Waals surface area contributed by atoms with Gasteiger partial charge in [0.1, 0.15) is 4.90 Å². The summed E-state index contributed by atoms with van der Waals surface area (Å²) in [6, 6.07) is 24.3. The molecule has 3 aromatic carbocycles. The molecular formula is C28H27N3O3S. The number of carbonyl (C=O) groups excluding carboxylic acids is 1. The average Bonchev–Trinajstić information content (AvgIpc) is 3.25. The van der Waals surface area contributed by atoms with E-state index in [9.17, 15) is 13.2 Å². The lowest BCUT2D eigenvalue weighted by Gasteiger charge is -2.31. The third-order valence-corrected chi connectivity index (χ3v) is 8.20. The number of sulfonamides is 1. The number of fused-ring (bicyclic) bond motifs is 3. The van der Waals surface area contributed by atoms with Crippen LogP contribution in [0.25, 0.3) is 5.69 Å². The molecule has 0 radical (unpaired) electrons. The zero-order valence-electron chi connectivity index (χ0n) is 19.9. The number of nitrogens with zero attached hydrogens (tertiary/aromatic N) is 2. The van der Waals surface area contributed by atoms with E-state index >= 15 is 0 Å². The molecule has 2 heterocycles. The molecule has 1 aliphatic rings. The van der Waals surface area contributed by atoms with Crippen molar-refractivity contribution in [3.05, 3.63) is 113 Å². The highest BCUT2D eigenvalue weighted by atomic mass is 32.2. The largest absolute Gasteiger partial charge is 0.325 e. The molecule has 0 spiro atoms. The van der Waals surface area contributed by atoms with Crippen molar-refractivity contribution in [3.8, 4) is 5.69 Å². The zero-order chi connectivity index (χ0) is 24.7. The van der Waals surface area contributed by atoms with Crippen LogP contribution in [-0.4, -0.2) is 23.2 Å². The number of para-hydroxylation sites is 1. The van der Waals surface area contributed by atoms with Crippen LogP contribution in [0.5, 0.6) is 0 Å². The summed E-state index contributed by atoms with van der Waals surface area (Å²) in [7, 11) is -4.05. The van der Waals surface area contributed by atoms with Crippen LogP contribution in [0.15, 0.2) is 90.0 Å². The normalized spacial score (nSPS) is 15.7. The van der Waals surface area contributed by atoms with Crippen molar-refractivity contribution in [2.45, 2.75) is 38.3 Å². The van der Waals surface area contributed by atoms with Crippen molar-refractivity contribution < 1.29 is 13.2 Å². The highest BCUT2D eigenvalue weighted by Crippen LogP contribution is 2.41. The van der Waals surface area contributed by atoms with E-state index in [4.69, 9.17) is 0 Å². The van der Waals surface area contributed by atoms with Gasteiger partial charge in [-0.2, -0.15) is 4.31 Å². The second kappa shape index (κ2) is 8.83. The maximum Gasteiger partial charge on any atom is 0.246 e. The maximum absolute atomic E-state index is 14.5. The number of amides is 1. The summed E-state index contributed by atoms with van der Waals surface area (Å²) >= 11 is 0. The Labute approximate surface area is 205 Å². The molecule has 1 aromatic heterocycles. The monoisotopic (exact) mass is 485 g/mol. The Morgan fingerprint density at radius 1 is 0.914 bits per heavy atom. The highest BCUT2D eigenvalue weighted by molar-refractivity contribution is 7.89. The van der Waals surface area contributed by atoms with Gasteiger partial charge < -0.3 is 9.88 Å². The van der Waals surface area contributed by atoms with E-state index in [1.165, 1.54) is 6.92 Å². The predicted molar refractivity (Wildman–Crippen MR) is 137 cm³/mol. The van der Waals surface area contributed by atoms with E-state index in [1.54, 1.807) is 22.5 Å². The van der Waals surface area contributed by atoms with Gasteiger partial charge in [-0.1, -0.05) is 54.1 Å². The SMILES string of the molecule is CC(=O)Nc1ccc(C)cc1S(=O)(=O)N1Cc2ccccc2-n2cccc2[C@@H]1c1ccc(C)cc1. The molecule has 0 unspecified atom stereocenters. The average molecular weight is 486 g/mol. The van der Waals surface area contributed by atoms with E-state index in [0.29, 0.717) is 0 Å². The second-order valence-electron chi connectivity index (χ2n) is 8.98. The summed E-state index contributed by atoms with van der Waals surface area (Å²) < 4.78 is 32.5. The topological polar surface area (TPSA) is 71.4 Å². The fourth-order valence-electron chi connectivity index (χ4n) is 4.69. The molecule has 0 bridgehead atoms. The molecule has 178 valence electrons. The van der Waals surface area contributed by atoms with Gasteiger partial charge in [-0.15, -0.1) is 0 Å². The maximum atomic E-state index is 14.5. The van der Waals surface area contributed by atoms with Crippen LogP contribution in [0.1, 0.15) is 40.9 Å². The fraction of sp³-hybridized carbons (Fsp3) is 0.179. The lowest BCUT2D eigenvalue weighted by molar-refractivity contribution is -0.114. The minimum Gasteiger partial charge on any atom is -0.325 e. The summed E-state index contributed by atoms with van der Waals surface area (Å²) in [5.41, 5.74) is 5.76. The first-order valence-corrected chi connectivity index (χ1v) is 12.9. The molecule has 5 rings (SSSR count). The molecule has 0 saturated carbocycles. The lowest BCUT2D eigenvalue weighted by atomic mass is 10.0. The molecule has 4 aromatic rings. The van der Waals surface area contributed by atoms with Gasteiger partial charge in [0, 0.05) is 31.0 Å². The minimum atomic E-state index is -4.05. The van der Waals surface area contributed by atoms with Gasteiger partial charge in [0.2, 0.25) is 15.9 Å². The fourth-order valence-corrected chi connectivity index (χ4v) is 6.50. The molecule has 1 amide bonds. The molecule has 0 aliphatic carbocycles. The van der Waals surface area contributed by atoms with Crippen LogP contribution in [0.2, 0.25) is 0 Å². The minimum absolute atomic E-state index is 0.0855. The molecule has 6 nitrogen and oxygen atoms in total. The van der Waals surface area contributed by atoms with Crippen molar-refractivity contribution >= 4 is 21.6 Å². The molecule has 1 aliphatic heterocycles. The standard InChI is InChI=1S/C28H27N3O3S/c1-19-10-13-22(14-11-19)28-26-9-6-16-30(26)25-8-5-4-7-23(25)18-31(28)35(33,34)27-17-20(2)12-15-24(27)29-21(3)32/h4-17,28H,18H2,1-3H3,(H,29,32)/t28-/m0/s1. The number of aryl methyl sites for hydroxylation is 2. The first kappa shape index (κ1) is 23.1. The number of aromatic nitrogens is 1. The summed E-state index contributed by atoms with van der Waals surface area (Å²) in [5, 5.41) is 2.71. The van der Waals surface area contributed by atoms with Crippen LogP contribution >= 0.6 is 0 Å². The number of nitrogens with one attached hydrogen (secondary N) is 1. The first-order valence-electron chi connectivity index (χ1n) is 11.5. The van der Waals surface area contributed by atoms with Crippen molar-refractivity contribution in [2.75, 3.05) is 5.32 Å². The Morgan fingerprint density at radius 3 is 2.37 bits per heavy atom. The van der Waals surface area contributed by atoms with Crippen molar-refractivity contribution in [2.24, 2.45) is 0 Å². The number of hydrogen-bond donors (Lipinski definition) is 1. The van der Waals surface area contributed by atoms with E-state index in [-0.39, 0.29) is 23.0 Å². The van der Waals surface area contributed by atoms with Crippen LogP contribution < -0.4 is 5.32 Å². The number of anilines is 1. The number of carbonyl (C=O) groups is 1. The Balaban J connectivity index is 1.77. The number of hydrogen-bond acceptors (Lipinski definition) is 3. The molecule has 1 N–H and O–H groups in total. The molecular weight excluding hydrogens is 458 g/mol. The van der Waals surface area contributed by atoms with Crippen LogP contribution in [0.4, 0.5) is 5.69 Å². The van der Waals surface area contributed by atoms with E-state index in [1.807, 2.05) is 80.7 Å². The Hall–Kier alpha value is -3.68. The molecule has 1 atom stereocenters. The van der Waals surface area contributed by atoms with E-state index in [2.05, 4.69) is 9.88 Å². The van der Waals surface area contributed by atoms with Gasteiger partial charge >= 0.3 is 0 Å². The first-order chi connectivity index (χ1) is 16.8. The third kappa shape index (κ3) is 4.17. The van der Waals surface area contributed by atoms with Crippen molar-refractivity contribution in [3.63, 3.8) is 0 Å². The zero-order valence-corrected chi connectivity index (χ0v) is 20.7. The van der Waals surface area contributed by atoms with E-state index < -0.39 is 16.1 Å². The number of benzene rings is 3. The van der Waals surface area contributed by atoms with Crippen LogP contribution in [-0.2, 0) is 21.4 Å². The Morgan fingerprint density at radius 2 is 1.63 bits per heavy atom. The second-order valence-corrected chi connectivity index (χ2v) is 10.8. The van der Waals surface area contributed by atoms with Crippen molar-refractivity contribution in [1.29, 1.82) is 0 Å². The molecule has 35 heavy (non-hydrogen) atoms. The van der Waals surface area contributed by atoms with Crippen LogP contribution in [0.3, 0.4) is 0 Å². The molecule has 0 saturated heterocycles. The smallest absolute Gasteiger partial charge is 0.246 e. The predicted octanol–water partition coefficient (Wildman–Crippen LogP) is 5.35. The van der Waals surface area contributed by atoms with Gasteiger partial charge in [-0.25, -0.2) is 8.42 Å². The summed E-state index contributed by atoms with van der Waals surface area (Å²) in [6.45, 7) is 5.42. The van der Waals surface area contributed by atoms with Gasteiger partial charge in [-0.05, 0) is 60.9 Å². The van der Waals surface area contributed by atoms with Gasteiger partial charge in [0.05, 0.1) is 11.7 Å². The van der Waals surface area contributed by atoms with Gasteiger partial charge in [0.25, 0.3) is 0 Å². The molecule has 0 fully saturated rings. The van der Waals surface area contributed by atoms with Crippen molar-refractivity contribution in [1.82, 2.24) is 8.87 Å². The number of rotatable bonds is 4. The Kier molecular flexibility index (Phi) is 5.83. The third-order valence-electron chi connectivity index (χ3n) is 6.35. The van der Waals surface area contributed by atoms with Gasteiger partial charge in [0.15, 0.2) is 0 Å². The highest BCUT2D eigenvalue weighted by Gasteiger charge is 2.39. The quantitative estimate of drug-likeness (QED) is 0.424. The summed E-state index contributed by atoms with van der Waals surface area (Å²) in [4.78, 5) is 12.0. The molecule has 7 heteroatoms. The summed E-state index contributed by atoms with van der Waals surface area (Å²) in [6.07, 6.45) is 1.97. The van der Waals surface area contributed by atoms with Crippen LogP contribution in [0, 0.1) is 13.8 Å². The van der Waals surface area contributed by atoms with E-state index in [0.717, 1.165) is 33.6 Å². The summed E-state index contributed by atoms with van der Waals surface area (Å²) in [5.74, 6) is -0.324. The lowest BCUT2D eigenvalue weighted by Crippen LogP contribution is -2.35. The Bertz CT molecular complexity index is 1520.